The van der Waals surface area contributed by atoms with Crippen LogP contribution < -0.4 is 5.73 Å². The molecule has 0 aliphatic carbocycles. The Kier molecular flexibility index (Phi) is 21.3. The Hall–Kier alpha value is -0.370. The first-order chi connectivity index (χ1) is 11.4. The summed E-state index contributed by atoms with van der Waals surface area (Å²) in [6.07, 6.45) is 26.1. The molecule has 0 atom stereocenters. The molecule has 0 saturated heterocycles. The van der Waals surface area contributed by atoms with E-state index in [0.717, 1.165) is 13.0 Å². The molecule has 0 aromatic rings. The number of nitrogens with two attached hydrogens (primary N) is 1. The molecule has 0 bridgehead atoms. The third-order valence-electron chi connectivity index (χ3n) is 4.57. The number of aliphatic imine (C=N–C) groups is 1. The summed E-state index contributed by atoms with van der Waals surface area (Å²) in [5.74, 6) is 0. The molecule has 0 aliphatic rings. The fraction of sp³-hybridized carbons (Fsp3) is 0.952. The number of nitrogens with zero attached hydrogens (tertiary/aromatic N) is 1. The van der Waals surface area contributed by atoms with E-state index in [1.54, 1.807) is 0 Å². The molecule has 2 N–H and O–H groups in total. The van der Waals surface area contributed by atoms with E-state index in [0.29, 0.717) is 6.54 Å². The van der Waals surface area contributed by atoms with E-state index in [4.69, 9.17) is 5.73 Å². The first-order valence-electron chi connectivity index (χ1n) is 10.6. The highest BCUT2D eigenvalue weighted by atomic mass is 14.7. The molecule has 0 amide bonds. The van der Waals surface area contributed by atoms with Gasteiger partial charge in [0.15, 0.2) is 0 Å². The van der Waals surface area contributed by atoms with Gasteiger partial charge in [0.25, 0.3) is 0 Å². The predicted octanol–water partition coefficient (Wildman–Crippen LogP) is 6.67. The van der Waals surface area contributed by atoms with Gasteiger partial charge in [-0.1, -0.05) is 103 Å². The van der Waals surface area contributed by atoms with Crippen LogP contribution in [0.5, 0.6) is 0 Å². The van der Waals surface area contributed by atoms with E-state index in [9.17, 15) is 0 Å². The second kappa shape index (κ2) is 21.6. The molecule has 0 spiro atoms. The van der Waals surface area contributed by atoms with Crippen LogP contribution in [-0.2, 0) is 0 Å². The molecule has 138 valence electrons. The van der Waals surface area contributed by atoms with Gasteiger partial charge in [-0.05, 0) is 19.1 Å². The zero-order chi connectivity index (χ0) is 16.8. The van der Waals surface area contributed by atoms with Crippen molar-refractivity contribution in [3.05, 3.63) is 0 Å². The number of hydrogen-bond acceptors (Lipinski definition) is 2. The highest BCUT2D eigenvalue weighted by Crippen LogP contribution is 2.13. The lowest BCUT2D eigenvalue weighted by molar-refractivity contribution is 0.530. The number of unbranched alkanes of at least 4 members (excludes halogenated alkanes) is 16. The van der Waals surface area contributed by atoms with Crippen molar-refractivity contribution in [1.82, 2.24) is 0 Å². The van der Waals surface area contributed by atoms with Crippen molar-refractivity contribution in [3.63, 3.8) is 0 Å². The molecule has 2 nitrogen and oxygen atoms in total. The SMILES string of the molecule is CCCCCCCCCCCCCCCCCCC=NCCN. The van der Waals surface area contributed by atoms with Gasteiger partial charge in [-0.3, -0.25) is 4.99 Å². The van der Waals surface area contributed by atoms with Crippen molar-refractivity contribution < 1.29 is 0 Å². The Bertz CT molecular complexity index is 226. The van der Waals surface area contributed by atoms with Crippen LogP contribution in [0.15, 0.2) is 4.99 Å². The molecule has 0 radical (unpaired) electrons. The fourth-order valence-corrected chi connectivity index (χ4v) is 3.04. The summed E-state index contributed by atoms with van der Waals surface area (Å²) in [5.41, 5.74) is 5.39. The van der Waals surface area contributed by atoms with Crippen LogP contribution in [0.4, 0.5) is 0 Å². The maximum absolute atomic E-state index is 5.39. The molecule has 0 aromatic heterocycles. The Morgan fingerprint density at radius 3 is 1.39 bits per heavy atom. The molecule has 23 heavy (non-hydrogen) atoms. The summed E-state index contributed by atoms with van der Waals surface area (Å²) >= 11 is 0. The third kappa shape index (κ3) is 21.6. The molecule has 0 unspecified atom stereocenters. The zero-order valence-corrected chi connectivity index (χ0v) is 16.0. The summed E-state index contributed by atoms with van der Waals surface area (Å²) in [6, 6.07) is 0. The van der Waals surface area contributed by atoms with Crippen molar-refractivity contribution in [3.8, 4) is 0 Å². The van der Waals surface area contributed by atoms with Gasteiger partial charge < -0.3 is 5.73 Å². The maximum atomic E-state index is 5.39. The average molecular weight is 325 g/mol. The minimum Gasteiger partial charge on any atom is -0.329 e. The minimum atomic E-state index is 0.676. The predicted molar refractivity (Wildman–Crippen MR) is 107 cm³/mol. The van der Waals surface area contributed by atoms with Crippen molar-refractivity contribution in [2.24, 2.45) is 10.7 Å². The maximum Gasteiger partial charge on any atom is 0.0508 e. The first-order valence-corrected chi connectivity index (χ1v) is 10.6. The normalized spacial score (nSPS) is 11.6. The quantitative estimate of drug-likeness (QED) is 0.209. The average Bonchev–Trinajstić information content (AvgIpc) is 2.57. The monoisotopic (exact) mass is 324 g/mol. The Balaban J connectivity index is 2.97. The summed E-state index contributed by atoms with van der Waals surface area (Å²) in [5, 5.41) is 0. The van der Waals surface area contributed by atoms with Crippen LogP contribution in [0, 0.1) is 0 Å². The zero-order valence-electron chi connectivity index (χ0n) is 16.0. The lowest BCUT2D eigenvalue weighted by atomic mass is 10.0. The van der Waals surface area contributed by atoms with Crippen LogP contribution in [0.2, 0.25) is 0 Å². The van der Waals surface area contributed by atoms with Crippen LogP contribution in [0.1, 0.15) is 116 Å². The van der Waals surface area contributed by atoms with Crippen LogP contribution >= 0.6 is 0 Å². The topological polar surface area (TPSA) is 38.4 Å². The van der Waals surface area contributed by atoms with Crippen LogP contribution in [0.3, 0.4) is 0 Å². The van der Waals surface area contributed by atoms with E-state index in [1.807, 2.05) is 0 Å². The van der Waals surface area contributed by atoms with Gasteiger partial charge >= 0.3 is 0 Å². The lowest BCUT2D eigenvalue weighted by Crippen LogP contribution is -2.02. The smallest absolute Gasteiger partial charge is 0.0508 e. The van der Waals surface area contributed by atoms with Crippen LogP contribution in [-0.4, -0.2) is 19.3 Å². The molecule has 0 rings (SSSR count). The van der Waals surface area contributed by atoms with Gasteiger partial charge in [-0.15, -0.1) is 0 Å². The van der Waals surface area contributed by atoms with Crippen molar-refractivity contribution in [2.75, 3.05) is 13.1 Å². The fourth-order valence-electron chi connectivity index (χ4n) is 3.04. The van der Waals surface area contributed by atoms with E-state index in [1.165, 1.54) is 103 Å². The highest BCUT2D eigenvalue weighted by Gasteiger charge is 1.94. The second-order valence-corrected chi connectivity index (χ2v) is 6.97. The molecule has 0 heterocycles. The summed E-state index contributed by atoms with van der Waals surface area (Å²) in [4.78, 5) is 4.25. The van der Waals surface area contributed by atoms with E-state index < -0.39 is 0 Å². The highest BCUT2D eigenvalue weighted by molar-refractivity contribution is 5.56. The molecular formula is C21H44N2. The summed E-state index contributed by atoms with van der Waals surface area (Å²) in [6.45, 7) is 3.76. The third-order valence-corrected chi connectivity index (χ3v) is 4.57. The second-order valence-electron chi connectivity index (χ2n) is 6.97. The van der Waals surface area contributed by atoms with Crippen molar-refractivity contribution >= 4 is 6.21 Å². The van der Waals surface area contributed by atoms with Gasteiger partial charge in [0, 0.05) is 6.54 Å². The molecule has 2 heteroatoms. The van der Waals surface area contributed by atoms with E-state index in [2.05, 4.69) is 18.1 Å². The molecular weight excluding hydrogens is 280 g/mol. The van der Waals surface area contributed by atoms with Gasteiger partial charge in [0.2, 0.25) is 0 Å². The summed E-state index contributed by atoms with van der Waals surface area (Å²) < 4.78 is 0. The number of hydrogen-bond donors (Lipinski definition) is 1. The van der Waals surface area contributed by atoms with E-state index in [-0.39, 0.29) is 0 Å². The Morgan fingerprint density at radius 2 is 1.00 bits per heavy atom. The molecule has 0 fully saturated rings. The van der Waals surface area contributed by atoms with Crippen molar-refractivity contribution in [2.45, 2.75) is 116 Å². The molecule has 0 aromatic carbocycles. The lowest BCUT2D eigenvalue weighted by Gasteiger charge is -2.03. The standard InChI is InChI=1S/C21H44N2/c1-2-3-4-5-6-7-8-9-10-11-12-13-14-15-16-17-18-20-23-21-19-22/h20H,2-19,21-22H2,1H3. The molecule has 0 saturated carbocycles. The Morgan fingerprint density at radius 1 is 0.609 bits per heavy atom. The number of rotatable bonds is 19. The van der Waals surface area contributed by atoms with E-state index >= 15 is 0 Å². The molecule has 0 aliphatic heterocycles. The Labute approximate surface area is 146 Å². The van der Waals surface area contributed by atoms with Gasteiger partial charge in [0.05, 0.1) is 6.54 Å². The van der Waals surface area contributed by atoms with Gasteiger partial charge in [0.1, 0.15) is 0 Å². The summed E-state index contributed by atoms with van der Waals surface area (Å²) in [7, 11) is 0. The van der Waals surface area contributed by atoms with Crippen LogP contribution in [0.25, 0.3) is 0 Å². The minimum absolute atomic E-state index is 0.676. The van der Waals surface area contributed by atoms with Gasteiger partial charge in [-0.25, -0.2) is 0 Å². The largest absolute Gasteiger partial charge is 0.329 e. The first kappa shape index (κ1) is 22.6. The van der Waals surface area contributed by atoms with Gasteiger partial charge in [-0.2, -0.15) is 0 Å². The van der Waals surface area contributed by atoms with Crippen molar-refractivity contribution in [1.29, 1.82) is 0 Å².